The number of H-pyrrole nitrogens is 1. The first kappa shape index (κ1) is 12.9. The van der Waals surface area contributed by atoms with E-state index in [0.29, 0.717) is 12.0 Å². The molecule has 2 aromatic rings. The summed E-state index contributed by atoms with van der Waals surface area (Å²) in [6.45, 7) is 2.19. The second-order valence-corrected chi connectivity index (χ2v) is 6.58. The Balaban J connectivity index is 1.75. The third-order valence-electron chi connectivity index (χ3n) is 4.03. The second kappa shape index (κ2) is 5.47. The van der Waals surface area contributed by atoms with Gasteiger partial charge in [0.25, 0.3) is 0 Å². The summed E-state index contributed by atoms with van der Waals surface area (Å²) in [6.07, 6.45) is 7.66. The van der Waals surface area contributed by atoms with Crippen LogP contribution < -0.4 is 5.73 Å². The number of thiophene rings is 1. The number of nitrogens with zero attached hydrogens (tertiary/aromatic N) is 1. The molecule has 1 aliphatic rings. The lowest BCUT2D eigenvalue weighted by Crippen LogP contribution is -2.26. The first-order chi connectivity index (χ1) is 9.26. The van der Waals surface area contributed by atoms with E-state index in [-0.39, 0.29) is 0 Å². The van der Waals surface area contributed by atoms with Crippen molar-refractivity contribution in [2.75, 3.05) is 0 Å². The van der Waals surface area contributed by atoms with Gasteiger partial charge in [-0.3, -0.25) is 0 Å². The minimum atomic E-state index is 0.398. The highest BCUT2D eigenvalue weighted by atomic mass is 32.1. The summed E-state index contributed by atoms with van der Waals surface area (Å²) in [7, 11) is 0. The molecular formula is C15H21N3S. The number of aromatic amines is 1. The fourth-order valence-electron chi connectivity index (χ4n) is 2.77. The van der Waals surface area contributed by atoms with Crippen molar-refractivity contribution in [3.63, 3.8) is 0 Å². The second-order valence-electron chi connectivity index (χ2n) is 5.41. The number of nitrogens with two attached hydrogens (primary N) is 1. The Labute approximate surface area is 118 Å². The number of imidazole rings is 1. The van der Waals surface area contributed by atoms with E-state index in [1.54, 1.807) is 0 Å². The van der Waals surface area contributed by atoms with Gasteiger partial charge in [0.2, 0.25) is 0 Å². The summed E-state index contributed by atoms with van der Waals surface area (Å²) in [5, 5.41) is 0. The van der Waals surface area contributed by atoms with E-state index in [0.717, 1.165) is 30.8 Å². The zero-order chi connectivity index (χ0) is 13.2. The summed E-state index contributed by atoms with van der Waals surface area (Å²) >= 11 is 1.86. The van der Waals surface area contributed by atoms with Gasteiger partial charge in [0.1, 0.15) is 5.82 Å². The highest BCUT2D eigenvalue weighted by Gasteiger charge is 2.22. The van der Waals surface area contributed by atoms with Crippen LogP contribution in [0.3, 0.4) is 0 Å². The van der Waals surface area contributed by atoms with Gasteiger partial charge in [-0.1, -0.05) is 6.92 Å². The van der Waals surface area contributed by atoms with Gasteiger partial charge in [-0.25, -0.2) is 4.98 Å². The SMILES string of the molecule is CCc1ccc(-c2cnc(C3CCC(N)CC3)[nH]2)s1. The van der Waals surface area contributed by atoms with Crippen LogP contribution in [-0.4, -0.2) is 16.0 Å². The highest BCUT2D eigenvalue weighted by Crippen LogP contribution is 2.33. The molecule has 0 spiro atoms. The molecule has 0 bridgehead atoms. The fourth-order valence-corrected chi connectivity index (χ4v) is 3.69. The van der Waals surface area contributed by atoms with Gasteiger partial charge in [0.05, 0.1) is 16.8 Å². The van der Waals surface area contributed by atoms with Gasteiger partial charge in [-0.2, -0.15) is 0 Å². The Bertz CT molecular complexity index is 535. The molecule has 4 heteroatoms. The lowest BCUT2D eigenvalue weighted by Gasteiger charge is -2.24. The highest BCUT2D eigenvalue weighted by molar-refractivity contribution is 7.15. The molecule has 0 aromatic carbocycles. The van der Waals surface area contributed by atoms with Crippen molar-refractivity contribution in [3.05, 3.63) is 29.0 Å². The van der Waals surface area contributed by atoms with Crippen LogP contribution in [0.2, 0.25) is 0 Å². The Kier molecular flexibility index (Phi) is 3.71. The summed E-state index contributed by atoms with van der Waals surface area (Å²) < 4.78 is 0. The van der Waals surface area contributed by atoms with E-state index >= 15 is 0 Å². The summed E-state index contributed by atoms with van der Waals surface area (Å²) in [5.41, 5.74) is 7.12. The number of nitrogens with one attached hydrogen (secondary N) is 1. The van der Waals surface area contributed by atoms with Gasteiger partial charge in [-0.15, -0.1) is 11.3 Å². The van der Waals surface area contributed by atoms with Crippen LogP contribution in [-0.2, 0) is 6.42 Å². The lowest BCUT2D eigenvalue weighted by atomic mass is 9.86. The quantitative estimate of drug-likeness (QED) is 0.897. The number of hydrogen-bond acceptors (Lipinski definition) is 3. The lowest BCUT2D eigenvalue weighted by molar-refractivity contribution is 0.386. The summed E-state index contributed by atoms with van der Waals surface area (Å²) in [5.74, 6) is 1.72. The minimum Gasteiger partial charge on any atom is -0.341 e. The monoisotopic (exact) mass is 275 g/mol. The van der Waals surface area contributed by atoms with E-state index in [9.17, 15) is 0 Å². The Morgan fingerprint density at radius 3 is 2.79 bits per heavy atom. The number of aromatic nitrogens is 2. The van der Waals surface area contributed by atoms with Crippen LogP contribution in [0.5, 0.6) is 0 Å². The zero-order valence-electron chi connectivity index (χ0n) is 11.4. The van der Waals surface area contributed by atoms with Gasteiger partial charge in [0, 0.05) is 16.8 Å². The number of aryl methyl sites for hydroxylation is 1. The molecular weight excluding hydrogens is 254 g/mol. The Hall–Kier alpha value is -1.13. The summed E-state index contributed by atoms with van der Waals surface area (Å²) in [6, 6.07) is 4.80. The maximum Gasteiger partial charge on any atom is 0.109 e. The van der Waals surface area contributed by atoms with Crippen LogP contribution in [0.15, 0.2) is 18.3 Å². The average Bonchev–Trinajstić information content (AvgIpc) is 3.08. The van der Waals surface area contributed by atoms with E-state index in [1.807, 2.05) is 17.5 Å². The molecule has 3 rings (SSSR count). The molecule has 3 nitrogen and oxygen atoms in total. The van der Waals surface area contributed by atoms with Gasteiger partial charge in [0.15, 0.2) is 0 Å². The zero-order valence-corrected chi connectivity index (χ0v) is 12.2. The molecule has 0 saturated heterocycles. The van der Waals surface area contributed by atoms with Crippen molar-refractivity contribution in [1.29, 1.82) is 0 Å². The van der Waals surface area contributed by atoms with Crippen LogP contribution >= 0.6 is 11.3 Å². The summed E-state index contributed by atoms with van der Waals surface area (Å²) in [4.78, 5) is 10.8. The third-order valence-corrected chi connectivity index (χ3v) is 5.29. The largest absolute Gasteiger partial charge is 0.341 e. The molecule has 1 fully saturated rings. The van der Waals surface area contributed by atoms with Crippen LogP contribution in [0.4, 0.5) is 0 Å². The van der Waals surface area contributed by atoms with Crippen molar-refractivity contribution >= 4 is 11.3 Å². The first-order valence-electron chi connectivity index (χ1n) is 7.16. The van der Waals surface area contributed by atoms with E-state index in [1.165, 1.54) is 22.6 Å². The van der Waals surface area contributed by atoms with Gasteiger partial charge >= 0.3 is 0 Å². The molecule has 3 N–H and O–H groups in total. The van der Waals surface area contributed by atoms with Crippen LogP contribution in [0.1, 0.15) is 49.2 Å². The molecule has 2 heterocycles. The topological polar surface area (TPSA) is 54.7 Å². The van der Waals surface area contributed by atoms with E-state index in [4.69, 9.17) is 5.73 Å². The molecule has 1 aliphatic carbocycles. The minimum absolute atomic E-state index is 0.398. The van der Waals surface area contributed by atoms with Crippen molar-refractivity contribution in [3.8, 4) is 10.6 Å². The van der Waals surface area contributed by atoms with Crippen LogP contribution in [0.25, 0.3) is 10.6 Å². The maximum atomic E-state index is 5.96. The average molecular weight is 275 g/mol. The van der Waals surface area contributed by atoms with Crippen molar-refractivity contribution in [2.24, 2.45) is 5.73 Å². The molecule has 0 unspecified atom stereocenters. The van der Waals surface area contributed by atoms with Gasteiger partial charge < -0.3 is 10.7 Å². The van der Waals surface area contributed by atoms with E-state index in [2.05, 4.69) is 29.0 Å². The van der Waals surface area contributed by atoms with Crippen molar-refractivity contribution in [2.45, 2.75) is 51.0 Å². The predicted molar refractivity (Wildman–Crippen MR) is 80.5 cm³/mol. The molecule has 1 saturated carbocycles. The fraction of sp³-hybridized carbons (Fsp3) is 0.533. The molecule has 19 heavy (non-hydrogen) atoms. The smallest absolute Gasteiger partial charge is 0.109 e. The van der Waals surface area contributed by atoms with Gasteiger partial charge in [-0.05, 0) is 44.2 Å². The normalized spacial score (nSPS) is 23.7. The number of rotatable bonds is 3. The molecule has 2 aromatic heterocycles. The first-order valence-corrected chi connectivity index (χ1v) is 7.97. The molecule has 0 aliphatic heterocycles. The van der Waals surface area contributed by atoms with Crippen LogP contribution in [0, 0.1) is 0 Å². The standard InChI is InChI=1S/C15H21N3S/c1-2-12-7-8-14(19-12)13-9-17-15(18-13)10-3-5-11(16)6-4-10/h7-11H,2-6,16H2,1H3,(H,17,18). The Morgan fingerprint density at radius 2 is 2.11 bits per heavy atom. The van der Waals surface area contributed by atoms with E-state index < -0.39 is 0 Å². The molecule has 0 atom stereocenters. The number of hydrogen-bond donors (Lipinski definition) is 2. The molecule has 0 radical (unpaired) electrons. The van der Waals surface area contributed by atoms with Crippen molar-refractivity contribution in [1.82, 2.24) is 9.97 Å². The van der Waals surface area contributed by atoms with Crippen molar-refractivity contribution < 1.29 is 0 Å². The third kappa shape index (κ3) is 2.74. The maximum absolute atomic E-state index is 5.96. The molecule has 102 valence electrons. The molecule has 0 amide bonds. The predicted octanol–water partition coefficient (Wildman–Crippen LogP) is 3.69. The Morgan fingerprint density at radius 1 is 1.32 bits per heavy atom.